The maximum atomic E-state index is 4.51. The van der Waals surface area contributed by atoms with Gasteiger partial charge in [0, 0.05) is 10.7 Å². The number of nitrogens with one attached hydrogen (secondary N) is 1. The van der Waals surface area contributed by atoms with Crippen LogP contribution in [0.15, 0.2) is 41.3 Å². The van der Waals surface area contributed by atoms with Crippen molar-refractivity contribution in [1.29, 1.82) is 0 Å². The van der Waals surface area contributed by atoms with Crippen LogP contribution in [0.2, 0.25) is 0 Å². The van der Waals surface area contributed by atoms with Crippen molar-refractivity contribution in [2.75, 3.05) is 5.32 Å². The van der Waals surface area contributed by atoms with Gasteiger partial charge in [-0.05, 0) is 24.3 Å². The molecule has 3 aromatic rings. The minimum atomic E-state index is 0.656. The Morgan fingerprint density at radius 3 is 3.06 bits per heavy atom. The van der Waals surface area contributed by atoms with Crippen LogP contribution in [0.5, 0.6) is 0 Å². The van der Waals surface area contributed by atoms with E-state index in [4.69, 9.17) is 0 Å². The average Bonchev–Trinajstić information content (AvgIpc) is 2.79. The van der Waals surface area contributed by atoms with E-state index in [1.807, 2.05) is 18.2 Å². The standard InChI is InChI=1S/C12H9BrN4S/c13-8-1-2-10-11(5-8)18-12(17-10)15-6-9-3-4-14-7-16-9/h1-5,7H,6H2,(H,15,17). The maximum Gasteiger partial charge on any atom is 0.184 e. The third-order valence-corrected chi connectivity index (χ3v) is 3.88. The highest BCUT2D eigenvalue weighted by Crippen LogP contribution is 2.28. The molecular formula is C12H9BrN4S. The van der Waals surface area contributed by atoms with Crippen LogP contribution >= 0.6 is 27.3 Å². The van der Waals surface area contributed by atoms with E-state index < -0.39 is 0 Å². The number of thiazole rings is 1. The fourth-order valence-corrected chi connectivity index (χ4v) is 2.98. The zero-order valence-electron chi connectivity index (χ0n) is 9.30. The average molecular weight is 321 g/mol. The minimum Gasteiger partial charge on any atom is -0.356 e. The lowest BCUT2D eigenvalue weighted by molar-refractivity contribution is 1.00. The Balaban J connectivity index is 1.79. The van der Waals surface area contributed by atoms with Gasteiger partial charge >= 0.3 is 0 Å². The fraction of sp³-hybridized carbons (Fsp3) is 0.0833. The molecule has 6 heteroatoms. The highest BCUT2D eigenvalue weighted by atomic mass is 79.9. The Hall–Kier alpha value is -1.53. The minimum absolute atomic E-state index is 0.656. The highest BCUT2D eigenvalue weighted by Gasteiger charge is 2.04. The summed E-state index contributed by atoms with van der Waals surface area (Å²) in [6, 6.07) is 7.96. The van der Waals surface area contributed by atoms with Crippen LogP contribution in [-0.4, -0.2) is 15.0 Å². The molecule has 0 aliphatic rings. The van der Waals surface area contributed by atoms with Crippen LogP contribution in [0.1, 0.15) is 5.69 Å². The summed E-state index contributed by atoms with van der Waals surface area (Å²) in [7, 11) is 0. The van der Waals surface area contributed by atoms with Gasteiger partial charge in [0.25, 0.3) is 0 Å². The molecule has 4 nitrogen and oxygen atoms in total. The second-order valence-electron chi connectivity index (χ2n) is 3.69. The van der Waals surface area contributed by atoms with Crippen molar-refractivity contribution in [3.05, 3.63) is 47.0 Å². The normalized spacial score (nSPS) is 10.7. The molecular weight excluding hydrogens is 312 g/mol. The van der Waals surface area contributed by atoms with E-state index in [9.17, 15) is 0 Å². The van der Waals surface area contributed by atoms with Gasteiger partial charge in [-0.15, -0.1) is 0 Å². The number of hydrogen-bond acceptors (Lipinski definition) is 5. The molecule has 0 amide bonds. The first kappa shape index (κ1) is 11.6. The summed E-state index contributed by atoms with van der Waals surface area (Å²) in [4.78, 5) is 12.6. The van der Waals surface area contributed by atoms with Gasteiger partial charge in [0.05, 0.1) is 22.5 Å². The molecule has 0 aliphatic heterocycles. The van der Waals surface area contributed by atoms with Gasteiger partial charge in [0.15, 0.2) is 5.13 Å². The molecule has 0 saturated heterocycles. The van der Waals surface area contributed by atoms with Crippen LogP contribution in [-0.2, 0) is 6.54 Å². The molecule has 0 saturated carbocycles. The molecule has 0 atom stereocenters. The number of halogens is 1. The molecule has 0 fully saturated rings. The maximum absolute atomic E-state index is 4.51. The molecule has 0 bridgehead atoms. The second-order valence-corrected chi connectivity index (χ2v) is 5.63. The summed E-state index contributed by atoms with van der Waals surface area (Å²) < 4.78 is 2.23. The Kier molecular flexibility index (Phi) is 3.21. The van der Waals surface area contributed by atoms with Gasteiger partial charge in [0.2, 0.25) is 0 Å². The zero-order chi connectivity index (χ0) is 12.4. The number of hydrogen-bond donors (Lipinski definition) is 1. The number of rotatable bonds is 3. The number of aromatic nitrogens is 3. The molecule has 1 N–H and O–H groups in total. The van der Waals surface area contributed by atoms with Crippen molar-refractivity contribution in [1.82, 2.24) is 15.0 Å². The Morgan fingerprint density at radius 2 is 2.22 bits per heavy atom. The number of fused-ring (bicyclic) bond motifs is 1. The Morgan fingerprint density at radius 1 is 1.28 bits per heavy atom. The van der Waals surface area contributed by atoms with E-state index in [0.29, 0.717) is 6.54 Å². The molecule has 1 aromatic carbocycles. The summed E-state index contributed by atoms with van der Waals surface area (Å²) in [6.45, 7) is 0.656. The van der Waals surface area contributed by atoms with E-state index in [1.54, 1.807) is 23.9 Å². The quantitative estimate of drug-likeness (QED) is 0.803. The summed E-state index contributed by atoms with van der Waals surface area (Å²) in [5.41, 5.74) is 1.96. The van der Waals surface area contributed by atoms with Crippen LogP contribution in [0.3, 0.4) is 0 Å². The third-order valence-electron chi connectivity index (χ3n) is 2.41. The van der Waals surface area contributed by atoms with E-state index in [2.05, 4.69) is 42.3 Å². The first-order valence-corrected chi connectivity index (χ1v) is 6.97. The van der Waals surface area contributed by atoms with Crippen molar-refractivity contribution in [3.8, 4) is 0 Å². The number of nitrogens with zero attached hydrogens (tertiary/aromatic N) is 3. The summed E-state index contributed by atoms with van der Waals surface area (Å²) in [5, 5.41) is 4.18. The van der Waals surface area contributed by atoms with Crippen LogP contribution in [0, 0.1) is 0 Å². The molecule has 2 aromatic heterocycles. The third kappa shape index (κ3) is 2.49. The lowest BCUT2D eigenvalue weighted by Gasteiger charge is -2.00. The largest absolute Gasteiger partial charge is 0.356 e. The predicted molar refractivity (Wildman–Crippen MR) is 76.7 cm³/mol. The van der Waals surface area contributed by atoms with Crippen LogP contribution in [0.25, 0.3) is 10.2 Å². The summed E-state index contributed by atoms with van der Waals surface area (Å²) in [5.74, 6) is 0. The molecule has 0 aliphatic carbocycles. The first-order chi connectivity index (χ1) is 8.81. The second kappa shape index (κ2) is 4.99. The van der Waals surface area contributed by atoms with Crippen LogP contribution < -0.4 is 5.32 Å². The molecule has 3 rings (SSSR count). The van der Waals surface area contributed by atoms with E-state index in [0.717, 1.165) is 25.5 Å². The van der Waals surface area contributed by atoms with Crippen LogP contribution in [0.4, 0.5) is 5.13 Å². The van der Waals surface area contributed by atoms with Gasteiger partial charge < -0.3 is 5.32 Å². The van der Waals surface area contributed by atoms with Gasteiger partial charge in [-0.2, -0.15) is 0 Å². The smallest absolute Gasteiger partial charge is 0.184 e. The lowest BCUT2D eigenvalue weighted by atomic mass is 10.3. The topological polar surface area (TPSA) is 50.7 Å². The Labute approximate surface area is 116 Å². The summed E-state index contributed by atoms with van der Waals surface area (Å²) in [6.07, 6.45) is 3.28. The van der Waals surface area contributed by atoms with E-state index >= 15 is 0 Å². The summed E-state index contributed by atoms with van der Waals surface area (Å²) >= 11 is 5.09. The first-order valence-electron chi connectivity index (χ1n) is 5.36. The van der Waals surface area contributed by atoms with Gasteiger partial charge in [-0.25, -0.2) is 15.0 Å². The van der Waals surface area contributed by atoms with E-state index in [1.165, 1.54) is 0 Å². The zero-order valence-corrected chi connectivity index (χ0v) is 11.7. The molecule has 0 spiro atoms. The number of anilines is 1. The van der Waals surface area contributed by atoms with Crippen molar-refractivity contribution < 1.29 is 0 Å². The van der Waals surface area contributed by atoms with E-state index in [-0.39, 0.29) is 0 Å². The van der Waals surface area contributed by atoms with Gasteiger partial charge in [0.1, 0.15) is 6.33 Å². The van der Waals surface area contributed by atoms with Gasteiger partial charge in [-0.1, -0.05) is 27.3 Å². The van der Waals surface area contributed by atoms with Gasteiger partial charge in [-0.3, -0.25) is 0 Å². The molecule has 18 heavy (non-hydrogen) atoms. The lowest BCUT2D eigenvalue weighted by Crippen LogP contribution is -2.00. The predicted octanol–water partition coefficient (Wildman–Crippen LogP) is 3.46. The fourth-order valence-electron chi connectivity index (χ4n) is 1.56. The molecule has 0 radical (unpaired) electrons. The molecule has 0 unspecified atom stereocenters. The Bertz CT molecular complexity index is 668. The SMILES string of the molecule is Brc1ccc2nc(NCc3ccncn3)sc2c1. The highest BCUT2D eigenvalue weighted by molar-refractivity contribution is 9.10. The molecule has 90 valence electrons. The monoisotopic (exact) mass is 320 g/mol. The number of benzene rings is 1. The van der Waals surface area contributed by atoms with Crippen molar-refractivity contribution >= 4 is 42.6 Å². The van der Waals surface area contributed by atoms with Crippen molar-refractivity contribution in [2.24, 2.45) is 0 Å². The van der Waals surface area contributed by atoms with Crippen molar-refractivity contribution in [3.63, 3.8) is 0 Å². The van der Waals surface area contributed by atoms with Crippen molar-refractivity contribution in [2.45, 2.75) is 6.54 Å². The molecule has 2 heterocycles.